The third kappa shape index (κ3) is 2.73. The summed E-state index contributed by atoms with van der Waals surface area (Å²) in [5.41, 5.74) is 1.15. The number of aryl methyl sites for hydroxylation is 1. The van der Waals surface area contributed by atoms with Gasteiger partial charge in [0.05, 0.1) is 10.9 Å². The lowest BCUT2D eigenvalue weighted by Crippen LogP contribution is -2.26. The van der Waals surface area contributed by atoms with Gasteiger partial charge in [-0.25, -0.2) is 4.98 Å². The van der Waals surface area contributed by atoms with E-state index in [4.69, 9.17) is 0 Å². The minimum absolute atomic E-state index is 0.00264. The molecule has 4 rings (SSSR count). The van der Waals surface area contributed by atoms with E-state index >= 15 is 0 Å². The molecule has 1 aliphatic rings. The second-order valence-corrected chi connectivity index (χ2v) is 6.94. The van der Waals surface area contributed by atoms with Gasteiger partial charge >= 0.3 is 0 Å². The molecule has 0 bridgehead atoms. The Balaban J connectivity index is 1.55. The van der Waals surface area contributed by atoms with Gasteiger partial charge in [0.1, 0.15) is 5.82 Å². The summed E-state index contributed by atoms with van der Waals surface area (Å²) in [5, 5.41) is 5.54. The van der Waals surface area contributed by atoms with Crippen LogP contribution in [0.2, 0.25) is 0 Å². The Kier molecular flexibility index (Phi) is 3.90. The summed E-state index contributed by atoms with van der Waals surface area (Å²) < 4.78 is 1.74. The van der Waals surface area contributed by atoms with E-state index in [9.17, 15) is 9.59 Å². The molecule has 0 radical (unpaired) electrons. The molecule has 0 spiro atoms. The number of carbonyl (C=O) groups is 1. The Hall–Kier alpha value is -2.47. The fourth-order valence-corrected chi connectivity index (χ4v) is 3.79. The SMILES string of the molecule is O=C(NCCc1cccs1)c1ccc2c(=O)n3c(nc2c1)CCC3. The third-order valence-corrected chi connectivity index (χ3v) is 5.25. The van der Waals surface area contributed by atoms with Gasteiger partial charge in [0.25, 0.3) is 11.5 Å². The summed E-state index contributed by atoms with van der Waals surface area (Å²) in [6.07, 6.45) is 2.60. The minimum Gasteiger partial charge on any atom is -0.352 e. The van der Waals surface area contributed by atoms with Gasteiger partial charge in [-0.15, -0.1) is 11.3 Å². The number of aromatic nitrogens is 2. The van der Waals surface area contributed by atoms with Crippen molar-refractivity contribution in [2.45, 2.75) is 25.8 Å². The molecule has 0 saturated carbocycles. The molecule has 0 saturated heterocycles. The smallest absolute Gasteiger partial charge is 0.261 e. The second-order valence-electron chi connectivity index (χ2n) is 5.91. The fourth-order valence-electron chi connectivity index (χ4n) is 3.08. The number of amides is 1. The first-order valence-electron chi connectivity index (χ1n) is 8.06. The van der Waals surface area contributed by atoms with Gasteiger partial charge in [-0.2, -0.15) is 0 Å². The van der Waals surface area contributed by atoms with E-state index in [2.05, 4.69) is 16.4 Å². The molecule has 5 nitrogen and oxygen atoms in total. The summed E-state index contributed by atoms with van der Waals surface area (Å²) in [6.45, 7) is 1.33. The van der Waals surface area contributed by atoms with E-state index in [1.807, 2.05) is 11.4 Å². The lowest BCUT2D eigenvalue weighted by atomic mass is 10.1. The van der Waals surface area contributed by atoms with Crippen LogP contribution in [0, 0.1) is 0 Å². The average molecular weight is 339 g/mol. The number of benzene rings is 1. The van der Waals surface area contributed by atoms with Gasteiger partial charge in [-0.05, 0) is 42.5 Å². The summed E-state index contributed by atoms with van der Waals surface area (Å²) in [5.74, 6) is 0.693. The maximum Gasteiger partial charge on any atom is 0.261 e. The van der Waals surface area contributed by atoms with Crippen LogP contribution >= 0.6 is 11.3 Å². The van der Waals surface area contributed by atoms with E-state index in [0.717, 1.165) is 31.6 Å². The van der Waals surface area contributed by atoms with Crippen molar-refractivity contribution in [1.29, 1.82) is 0 Å². The van der Waals surface area contributed by atoms with Crippen molar-refractivity contribution >= 4 is 28.1 Å². The largest absolute Gasteiger partial charge is 0.352 e. The molecule has 2 aromatic heterocycles. The van der Waals surface area contributed by atoms with Crippen LogP contribution in [0.5, 0.6) is 0 Å². The maximum atomic E-state index is 12.4. The standard InChI is InChI=1S/C18H17N3O2S/c22-17(19-8-7-13-3-2-10-24-13)12-5-6-14-15(11-12)20-16-4-1-9-21(16)18(14)23/h2-3,5-6,10-11H,1,4,7-9H2,(H,19,22). The van der Waals surface area contributed by atoms with Crippen molar-refractivity contribution in [3.8, 4) is 0 Å². The monoisotopic (exact) mass is 339 g/mol. The fraction of sp³-hybridized carbons (Fsp3) is 0.278. The van der Waals surface area contributed by atoms with Crippen molar-refractivity contribution in [1.82, 2.24) is 14.9 Å². The molecule has 24 heavy (non-hydrogen) atoms. The Morgan fingerprint density at radius 2 is 2.25 bits per heavy atom. The normalized spacial score (nSPS) is 13.2. The number of hydrogen-bond donors (Lipinski definition) is 1. The minimum atomic E-state index is -0.129. The summed E-state index contributed by atoms with van der Waals surface area (Å²) in [6, 6.07) is 9.20. The lowest BCUT2D eigenvalue weighted by Gasteiger charge is -2.07. The molecule has 1 aromatic carbocycles. The Morgan fingerprint density at radius 1 is 1.33 bits per heavy atom. The molecule has 1 N–H and O–H groups in total. The van der Waals surface area contributed by atoms with Gasteiger partial charge in [0, 0.05) is 30.0 Å². The van der Waals surface area contributed by atoms with E-state index in [-0.39, 0.29) is 11.5 Å². The molecule has 1 amide bonds. The van der Waals surface area contributed by atoms with Crippen LogP contribution in [0.25, 0.3) is 10.9 Å². The van der Waals surface area contributed by atoms with Gasteiger partial charge in [0.2, 0.25) is 0 Å². The molecule has 122 valence electrons. The van der Waals surface area contributed by atoms with Crippen molar-refractivity contribution < 1.29 is 4.79 Å². The van der Waals surface area contributed by atoms with Crippen molar-refractivity contribution in [2.75, 3.05) is 6.54 Å². The van der Waals surface area contributed by atoms with E-state index in [0.29, 0.717) is 23.0 Å². The predicted octanol–water partition coefficient (Wildman–Crippen LogP) is 2.38. The quantitative estimate of drug-likeness (QED) is 0.794. The maximum absolute atomic E-state index is 12.4. The topological polar surface area (TPSA) is 64.0 Å². The first-order valence-corrected chi connectivity index (χ1v) is 8.94. The molecule has 3 aromatic rings. The number of carbonyl (C=O) groups excluding carboxylic acids is 1. The molecular formula is C18H17N3O2S. The number of nitrogens with zero attached hydrogens (tertiary/aromatic N) is 2. The zero-order valence-corrected chi connectivity index (χ0v) is 13.9. The Morgan fingerprint density at radius 3 is 3.08 bits per heavy atom. The van der Waals surface area contributed by atoms with E-state index < -0.39 is 0 Å². The van der Waals surface area contributed by atoms with Crippen LogP contribution in [0.15, 0.2) is 40.5 Å². The van der Waals surface area contributed by atoms with Gasteiger partial charge in [-0.3, -0.25) is 14.2 Å². The first-order chi connectivity index (χ1) is 11.7. The molecule has 0 unspecified atom stereocenters. The van der Waals surface area contributed by atoms with Crippen molar-refractivity contribution in [3.05, 3.63) is 62.3 Å². The molecule has 6 heteroatoms. The highest BCUT2D eigenvalue weighted by atomic mass is 32.1. The van der Waals surface area contributed by atoms with Gasteiger partial charge in [0.15, 0.2) is 0 Å². The molecule has 0 fully saturated rings. The van der Waals surface area contributed by atoms with Crippen LogP contribution in [0.4, 0.5) is 0 Å². The van der Waals surface area contributed by atoms with Crippen LogP contribution in [0.1, 0.15) is 27.5 Å². The average Bonchev–Trinajstić information content (AvgIpc) is 3.26. The highest BCUT2D eigenvalue weighted by molar-refractivity contribution is 7.09. The van der Waals surface area contributed by atoms with Crippen LogP contribution in [-0.4, -0.2) is 22.0 Å². The Bertz CT molecular complexity index is 960. The van der Waals surface area contributed by atoms with Crippen molar-refractivity contribution in [3.63, 3.8) is 0 Å². The number of thiophene rings is 1. The van der Waals surface area contributed by atoms with Crippen LogP contribution in [-0.2, 0) is 19.4 Å². The van der Waals surface area contributed by atoms with Crippen LogP contribution in [0.3, 0.4) is 0 Å². The number of fused-ring (bicyclic) bond motifs is 2. The molecule has 0 aliphatic carbocycles. The van der Waals surface area contributed by atoms with Gasteiger partial charge in [-0.1, -0.05) is 6.07 Å². The van der Waals surface area contributed by atoms with Crippen molar-refractivity contribution in [2.24, 2.45) is 0 Å². The summed E-state index contributed by atoms with van der Waals surface area (Å²) in [4.78, 5) is 30.6. The predicted molar refractivity (Wildman–Crippen MR) is 94.7 cm³/mol. The molecule has 0 atom stereocenters. The third-order valence-electron chi connectivity index (χ3n) is 4.32. The number of rotatable bonds is 4. The summed E-state index contributed by atoms with van der Waals surface area (Å²) in [7, 11) is 0. The number of hydrogen-bond acceptors (Lipinski definition) is 4. The van der Waals surface area contributed by atoms with E-state index in [1.54, 1.807) is 34.1 Å². The highest BCUT2D eigenvalue weighted by Gasteiger charge is 2.17. The summed E-state index contributed by atoms with van der Waals surface area (Å²) >= 11 is 1.69. The first kappa shape index (κ1) is 15.1. The second kappa shape index (κ2) is 6.20. The Labute approximate surface area is 143 Å². The van der Waals surface area contributed by atoms with E-state index in [1.165, 1.54) is 4.88 Å². The zero-order chi connectivity index (χ0) is 16.5. The number of nitrogens with one attached hydrogen (secondary N) is 1. The van der Waals surface area contributed by atoms with Crippen LogP contribution < -0.4 is 10.9 Å². The zero-order valence-electron chi connectivity index (χ0n) is 13.1. The van der Waals surface area contributed by atoms with Gasteiger partial charge < -0.3 is 5.32 Å². The highest BCUT2D eigenvalue weighted by Crippen LogP contribution is 2.16. The molecular weight excluding hydrogens is 322 g/mol. The lowest BCUT2D eigenvalue weighted by molar-refractivity contribution is 0.0954. The molecule has 3 heterocycles. The molecule has 1 aliphatic heterocycles.